The Balaban J connectivity index is 2.31. The summed E-state index contributed by atoms with van der Waals surface area (Å²) in [6, 6.07) is 6.90. The molecule has 0 amide bonds. The summed E-state index contributed by atoms with van der Waals surface area (Å²) in [5.41, 5.74) is 1.40. The van der Waals surface area contributed by atoms with Crippen molar-refractivity contribution >= 4 is 28.9 Å². The highest BCUT2D eigenvalue weighted by molar-refractivity contribution is 6.42. The molecule has 4 heteroatoms. The van der Waals surface area contributed by atoms with Gasteiger partial charge in [0.25, 0.3) is 0 Å². The summed E-state index contributed by atoms with van der Waals surface area (Å²) >= 11 is 12.3. The predicted molar refractivity (Wildman–Crippen MR) is 93.7 cm³/mol. The van der Waals surface area contributed by atoms with Gasteiger partial charge in [-0.25, -0.2) is 0 Å². The fraction of sp³-hybridized carbons (Fsp3) is 0.647. The van der Waals surface area contributed by atoms with E-state index >= 15 is 0 Å². The average molecular weight is 329 g/mol. The number of halogens is 2. The summed E-state index contributed by atoms with van der Waals surface area (Å²) in [6.07, 6.45) is 0. The molecular formula is C17H26Cl2N2. The lowest BCUT2D eigenvalue weighted by atomic mass is 9.83. The molecule has 2 atom stereocenters. The number of benzene rings is 1. The highest BCUT2D eigenvalue weighted by Gasteiger charge is 2.35. The molecule has 1 N–H and O–H groups in total. The molecule has 0 aromatic heterocycles. The van der Waals surface area contributed by atoms with Crippen LogP contribution >= 0.6 is 23.2 Å². The maximum atomic E-state index is 6.21. The Morgan fingerprint density at radius 2 is 1.86 bits per heavy atom. The first kappa shape index (κ1) is 16.9. The van der Waals surface area contributed by atoms with Crippen LogP contribution in [0.5, 0.6) is 0 Å². The number of hydrogen-bond donors (Lipinski definition) is 1. The molecule has 1 fully saturated rings. The number of piperazine rings is 1. The molecule has 118 valence electrons. The second-order valence-corrected chi connectivity index (χ2v) is 8.20. The highest BCUT2D eigenvalue weighted by Crippen LogP contribution is 2.33. The molecule has 0 spiro atoms. The maximum Gasteiger partial charge on any atom is 0.0612 e. The zero-order valence-corrected chi connectivity index (χ0v) is 15.1. The van der Waals surface area contributed by atoms with Crippen molar-refractivity contribution in [1.29, 1.82) is 0 Å². The van der Waals surface area contributed by atoms with Gasteiger partial charge in [0.15, 0.2) is 0 Å². The van der Waals surface area contributed by atoms with Gasteiger partial charge in [-0.3, -0.25) is 0 Å². The minimum absolute atomic E-state index is 0.233. The lowest BCUT2D eigenvalue weighted by molar-refractivity contribution is 0.221. The summed E-state index contributed by atoms with van der Waals surface area (Å²) in [5, 5.41) is 4.96. The SMILES string of the molecule is CC(C)C1CNC(C(C)(C)C)CN1c1ccc(Cl)c(Cl)c1. The van der Waals surface area contributed by atoms with Gasteiger partial charge >= 0.3 is 0 Å². The summed E-state index contributed by atoms with van der Waals surface area (Å²) in [6.45, 7) is 13.4. The molecule has 1 aromatic rings. The summed E-state index contributed by atoms with van der Waals surface area (Å²) in [7, 11) is 0. The quantitative estimate of drug-likeness (QED) is 0.835. The molecule has 1 saturated heterocycles. The molecule has 2 nitrogen and oxygen atoms in total. The largest absolute Gasteiger partial charge is 0.365 e. The average Bonchev–Trinajstić information content (AvgIpc) is 2.40. The topological polar surface area (TPSA) is 15.3 Å². The van der Waals surface area contributed by atoms with Gasteiger partial charge in [-0.2, -0.15) is 0 Å². The van der Waals surface area contributed by atoms with E-state index in [-0.39, 0.29) is 5.41 Å². The van der Waals surface area contributed by atoms with Gasteiger partial charge in [-0.15, -0.1) is 0 Å². The standard InChI is InChI=1S/C17H26Cl2N2/c1-11(2)15-9-20-16(17(3,4)5)10-21(15)12-6-7-13(18)14(19)8-12/h6-8,11,15-16,20H,9-10H2,1-5H3. The fourth-order valence-corrected chi connectivity index (χ4v) is 3.20. The number of nitrogens with zero attached hydrogens (tertiary/aromatic N) is 1. The number of anilines is 1. The second-order valence-electron chi connectivity index (χ2n) is 7.39. The first-order valence-corrected chi connectivity index (χ1v) is 8.41. The van der Waals surface area contributed by atoms with Crippen LogP contribution in [0.3, 0.4) is 0 Å². The van der Waals surface area contributed by atoms with Crippen molar-refractivity contribution in [3.05, 3.63) is 28.2 Å². The monoisotopic (exact) mass is 328 g/mol. The molecule has 2 rings (SSSR count). The van der Waals surface area contributed by atoms with E-state index in [2.05, 4.69) is 50.9 Å². The molecule has 2 unspecified atom stereocenters. The first-order valence-electron chi connectivity index (χ1n) is 7.65. The normalized spacial score (nSPS) is 23.7. The third-order valence-corrected chi connectivity index (χ3v) is 5.14. The minimum atomic E-state index is 0.233. The van der Waals surface area contributed by atoms with Crippen LogP contribution in [0.2, 0.25) is 10.0 Å². The van der Waals surface area contributed by atoms with E-state index in [1.54, 1.807) is 0 Å². The summed E-state index contributed by atoms with van der Waals surface area (Å²) in [5.74, 6) is 0.577. The number of nitrogens with one attached hydrogen (secondary N) is 1. The second kappa shape index (κ2) is 6.36. The molecular weight excluding hydrogens is 303 g/mol. The molecule has 1 aliphatic heterocycles. The van der Waals surface area contributed by atoms with Crippen LogP contribution in [0.15, 0.2) is 18.2 Å². The lowest BCUT2D eigenvalue weighted by Gasteiger charge is -2.47. The number of rotatable bonds is 2. The minimum Gasteiger partial charge on any atom is -0.365 e. The molecule has 0 aliphatic carbocycles. The van der Waals surface area contributed by atoms with Gasteiger partial charge < -0.3 is 10.2 Å². The van der Waals surface area contributed by atoms with E-state index in [9.17, 15) is 0 Å². The lowest BCUT2D eigenvalue weighted by Crippen LogP contribution is -2.62. The maximum absolute atomic E-state index is 6.21. The zero-order chi connectivity index (χ0) is 15.8. The van der Waals surface area contributed by atoms with Crippen molar-refractivity contribution in [2.75, 3.05) is 18.0 Å². The van der Waals surface area contributed by atoms with Gasteiger partial charge in [0.1, 0.15) is 0 Å². The Morgan fingerprint density at radius 3 is 2.38 bits per heavy atom. The highest BCUT2D eigenvalue weighted by atomic mass is 35.5. The molecule has 1 aliphatic rings. The van der Waals surface area contributed by atoms with Crippen LogP contribution < -0.4 is 10.2 Å². The predicted octanol–water partition coefficient (Wildman–Crippen LogP) is 4.84. The van der Waals surface area contributed by atoms with Crippen LogP contribution in [-0.4, -0.2) is 25.2 Å². The van der Waals surface area contributed by atoms with Crippen molar-refractivity contribution in [1.82, 2.24) is 5.32 Å². The Morgan fingerprint density at radius 1 is 1.19 bits per heavy atom. The number of hydrogen-bond acceptors (Lipinski definition) is 2. The molecule has 21 heavy (non-hydrogen) atoms. The van der Waals surface area contributed by atoms with E-state index in [1.807, 2.05) is 12.1 Å². The Kier molecular flexibility index (Phi) is 5.12. The van der Waals surface area contributed by atoms with E-state index in [0.717, 1.165) is 13.1 Å². The third kappa shape index (κ3) is 3.85. The fourth-order valence-electron chi connectivity index (χ4n) is 2.91. The van der Waals surface area contributed by atoms with E-state index in [4.69, 9.17) is 23.2 Å². The van der Waals surface area contributed by atoms with E-state index in [1.165, 1.54) is 5.69 Å². The first-order chi connectivity index (χ1) is 9.70. The van der Waals surface area contributed by atoms with Gasteiger partial charge in [0, 0.05) is 30.9 Å². The van der Waals surface area contributed by atoms with Crippen molar-refractivity contribution in [2.45, 2.75) is 46.7 Å². The molecule has 0 bridgehead atoms. The van der Waals surface area contributed by atoms with Crippen LogP contribution in [0.1, 0.15) is 34.6 Å². The van der Waals surface area contributed by atoms with Crippen LogP contribution in [0.4, 0.5) is 5.69 Å². The van der Waals surface area contributed by atoms with Gasteiger partial charge in [0.2, 0.25) is 0 Å². The molecule has 0 radical (unpaired) electrons. The van der Waals surface area contributed by atoms with Crippen LogP contribution in [-0.2, 0) is 0 Å². The van der Waals surface area contributed by atoms with Crippen molar-refractivity contribution < 1.29 is 0 Å². The summed E-state index contributed by atoms with van der Waals surface area (Å²) in [4.78, 5) is 2.49. The molecule has 1 heterocycles. The van der Waals surface area contributed by atoms with E-state index < -0.39 is 0 Å². The van der Waals surface area contributed by atoms with Crippen molar-refractivity contribution in [3.63, 3.8) is 0 Å². The Hall–Kier alpha value is -0.440. The van der Waals surface area contributed by atoms with Gasteiger partial charge in [-0.1, -0.05) is 57.8 Å². The van der Waals surface area contributed by atoms with E-state index in [0.29, 0.717) is 28.0 Å². The Labute approximate surface area is 138 Å². The molecule has 0 saturated carbocycles. The van der Waals surface area contributed by atoms with Gasteiger partial charge in [-0.05, 0) is 29.5 Å². The third-order valence-electron chi connectivity index (χ3n) is 4.40. The van der Waals surface area contributed by atoms with Crippen LogP contribution in [0.25, 0.3) is 0 Å². The van der Waals surface area contributed by atoms with Gasteiger partial charge in [0.05, 0.1) is 10.0 Å². The van der Waals surface area contributed by atoms with Crippen molar-refractivity contribution in [2.24, 2.45) is 11.3 Å². The van der Waals surface area contributed by atoms with Crippen LogP contribution in [0, 0.1) is 11.3 Å². The zero-order valence-electron chi connectivity index (χ0n) is 13.6. The molecule has 1 aromatic carbocycles. The smallest absolute Gasteiger partial charge is 0.0612 e. The van der Waals surface area contributed by atoms with Crippen molar-refractivity contribution in [3.8, 4) is 0 Å². The summed E-state index contributed by atoms with van der Waals surface area (Å²) < 4.78 is 0. The Bertz CT molecular complexity index is 494.